The first-order valence-electron chi connectivity index (χ1n) is 6.17. The molecule has 0 fully saturated rings. The second kappa shape index (κ2) is 7.16. The van der Waals surface area contributed by atoms with E-state index >= 15 is 0 Å². The number of carbonyl (C=O) groups is 2. The lowest BCUT2D eigenvalue weighted by Crippen LogP contribution is -2.13. The topological polar surface area (TPSA) is 111 Å². The van der Waals surface area contributed by atoms with E-state index in [0.717, 1.165) is 17.4 Å². The van der Waals surface area contributed by atoms with Gasteiger partial charge in [-0.1, -0.05) is 11.6 Å². The lowest BCUT2D eigenvalue weighted by molar-refractivity contribution is -0.384. The summed E-state index contributed by atoms with van der Waals surface area (Å²) in [7, 11) is 1.27. The maximum Gasteiger partial charge on any atom is 0.311 e. The Bertz CT molecular complexity index is 777. The molecule has 0 radical (unpaired) electrons. The van der Waals surface area contributed by atoms with E-state index in [1.165, 1.54) is 19.2 Å². The maximum atomic E-state index is 12.2. The molecule has 1 heterocycles. The molecule has 0 aliphatic rings. The Balaban J connectivity index is 2.15. The molecule has 0 aliphatic carbocycles. The quantitative estimate of drug-likeness (QED) is 0.501. The van der Waals surface area contributed by atoms with E-state index in [2.05, 4.69) is 15.0 Å². The molecule has 120 valence electrons. The molecule has 2 aromatic rings. The number of anilines is 1. The van der Waals surface area contributed by atoms with Gasteiger partial charge in [0, 0.05) is 17.5 Å². The summed E-state index contributed by atoms with van der Waals surface area (Å²) in [5.41, 5.74) is 0.165. The highest BCUT2D eigenvalue weighted by atomic mass is 35.5. The number of thiazole rings is 1. The Morgan fingerprint density at radius 1 is 1.48 bits per heavy atom. The Hall–Kier alpha value is -2.52. The first-order chi connectivity index (χ1) is 10.9. The van der Waals surface area contributed by atoms with Crippen molar-refractivity contribution < 1.29 is 19.2 Å². The highest BCUT2D eigenvalue weighted by Gasteiger charge is 2.17. The van der Waals surface area contributed by atoms with Crippen molar-refractivity contribution in [2.24, 2.45) is 0 Å². The van der Waals surface area contributed by atoms with E-state index in [-0.39, 0.29) is 27.8 Å². The van der Waals surface area contributed by atoms with Crippen LogP contribution >= 0.6 is 22.9 Å². The van der Waals surface area contributed by atoms with Crippen molar-refractivity contribution in [1.29, 1.82) is 0 Å². The van der Waals surface area contributed by atoms with E-state index in [1.54, 1.807) is 5.38 Å². The number of nitro groups is 1. The standard InChI is InChI=1S/C13H10ClN3O5S/c1-22-11(18)4-7-6-23-13(15-7)16-12(19)9-5-8(17(20)21)2-3-10(9)14/h2-3,5-6H,4H2,1H3,(H,15,16,19). The van der Waals surface area contributed by atoms with Gasteiger partial charge in [-0.3, -0.25) is 25.0 Å². The third-order valence-corrected chi connectivity index (χ3v) is 3.87. The molecule has 0 saturated heterocycles. The van der Waals surface area contributed by atoms with Crippen LogP contribution in [0.3, 0.4) is 0 Å². The van der Waals surface area contributed by atoms with Gasteiger partial charge in [-0.2, -0.15) is 0 Å². The fourth-order valence-electron chi connectivity index (χ4n) is 1.63. The molecule has 0 aliphatic heterocycles. The third-order valence-electron chi connectivity index (χ3n) is 2.73. The van der Waals surface area contributed by atoms with E-state index in [0.29, 0.717) is 5.69 Å². The summed E-state index contributed by atoms with van der Waals surface area (Å²) in [5, 5.41) is 15.2. The van der Waals surface area contributed by atoms with Crippen molar-refractivity contribution in [2.45, 2.75) is 6.42 Å². The number of non-ortho nitro benzene ring substituents is 1. The number of methoxy groups -OCH3 is 1. The lowest BCUT2D eigenvalue weighted by Gasteiger charge is -2.04. The fourth-order valence-corrected chi connectivity index (χ4v) is 2.54. The Labute approximate surface area is 139 Å². The Kier molecular flexibility index (Phi) is 5.24. The summed E-state index contributed by atoms with van der Waals surface area (Å²) in [5.74, 6) is -1.08. The van der Waals surface area contributed by atoms with E-state index in [1.807, 2.05) is 0 Å². The van der Waals surface area contributed by atoms with Gasteiger partial charge >= 0.3 is 5.97 Å². The molecule has 2 rings (SSSR count). The van der Waals surface area contributed by atoms with Crippen molar-refractivity contribution in [2.75, 3.05) is 12.4 Å². The third kappa shape index (κ3) is 4.24. The molecule has 0 spiro atoms. The minimum atomic E-state index is -0.627. The summed E-state index contributed by atoms with van der Waals surface area (Å²) < 4.78 is 4.52. The second-order valence-electron chi connectivity index (χ2n) is 4.27. The average molecular weight is 356 g/mol. The Morgan fingerprint density at radius 3 is 2.87 bits per heavy atom. The number of nitro benzene ring substituents is 1. The molecule has 10 heteroatoms. The highest BCUT2D eigenvalue weighted by Crippen LogP contribution is 2.24. The van der Waals surface area contributed by atoms with Crippen LogP contribution in [0.5, 0.6) is 0 Å². The number of carbonyl (C=O) groups excluding carboxylic acids is 2. The molecule has 0 unspecified atom stereocenters. The fraction of sp³-hybridized carbons (Fsp3) is 0.154. The molecule has 1 amide bonds. The molecular weight excluding hydrogens is 346 g/mol. The zero-order valence-corrected chi connectivity index (χ0v) is 13.3. The molecule has 0 atom stereocenters. The molecule has 0 bridgehead atoms. The number of amides is 1. The first kappa shape index (κ1) is 16.8. The van der Waals surface area contributed by atoms with E-state index in [4.69, 9.17) is 11.6 Å². The predicted octanol–water partition coefficient (Wildman–Crippen LogP) is 2.67. The van der Waals surface area contributed by atoms with Crippen LogP contribution in [-0.4, -0.2) is 28.9 Å². The van der Waals surface area contributed by atoms with Gasteiger partial charge in [-0.05, 0) is 6.07 Å². The van der Waals surface area contributed by atoms with Crippen LogP contribution in [0, 0.1) is 10.1 Å². The van der Waals surface area contributed by atoms with Crippen LogP contribution in [0.4, 0.5) is 10.8 Å². The number of aromatic nitrogens is 1. The number of rotatable bonds is 5. The number of ether oxygens (including phenoxy) is 1. The van der Waals surface area contributed by atoms with Crippen LogP contribution in [0.25, 0.3) is 0 Å². The van der Waals surface area contributed by atoms with Gasteiger partial charge in [0.05, 0.1) is 34.7 Å². The molecule has 23 heavy (non-hydrogen) atoms. The molecule has 1 aromatic carbocycles. The Morgan fingerprint density at radius 2 is 2.22 bits per heavy atom. The average Bonchev–Trinajstić information content (AvgIpc) is 2.94. The minimum absolute atomic E-state index is 0.0135. The van der Waals surface area contributed by atoms with Gasteiger partial charge in [-0.25, -0.2) is 4.98 Å². The van der Waals surface area contributed by atoms with Crippen molar-refractivity contribution in [1.82, 2.24) is 4.98 Å². The van der Waals surface area contributed by atoms with Gasteiger partial charge < -0.3 is 4.74 Å². The zero-order chi connectivity index (χ0) is 17.0. The maximum absolute atomic E-state index is 12.2. The van der Waals surface area contributed by atoms with Crippen LogP contribution < -0.4 is 5.32 Å². The number of nitrogens with zero attached hydrogens (tertiary/aromatic N) is 2. The number of nitrogens with one attached hydrogen (secondary N) is 1. The first-order valence-corrected chi connectivity index (χ1v) is 7.43. The number of hydrogen-bond donors (Lipinski definition) is 1. The van der Waals surface area contributed by atoms with Crippen molar-refractivity contribution in [3.8, 4) is 0 Å². The summed E-state index contributed by atoms with van der Waals surface area (Å²) in [6.45, 7) is 0. The summed E-state index contributed by atoms with van der Waals surface area (Å²) in [4.78, 5) is 37.5. The second-order valence-corrected chi connectivity index (χ2v) is 5.54. The van der Waals surface area contributed by atoms with Crippen LogP contribution in [0.1, 0.15) is 16.1 Å². The molecule has 1 aromatic heterocycles. The number of halogens is 1. The van der Waals surface area contributed by atoms with Crippen molar-refractivity contribution in [3.05, 3.63) is 50.0 Å². The predicted molar refractivity (Wildman–Crippen MR) is 83.9 cm³/mol. The summed E-state index contributed by atoms with van der Waals surface area (Å²) in [6.07, 6.45) is -0.0135. The highest BCUT2D eigenvalue weighted by molar-refractivity contribution is 7.14. The van der Waals surface area contributed by atoms with Gasteiger partial charge in [-0.15, -0.1) is 11.3 Å². The normalized spacial score (nSPS) is 10.2. The monoisotopic (exact) mass is 355 g/mol. The van der Waals surface area contributed by atoms with Crippen LogP contribution in [0.2, 0.25) is 5.02 Å². The molecule has 8 nitrogen and oxygen atoms in total. The van der Waals surface area contributed by atoms with Crippen molar-refractivity contribution in [3.63, 3.8) is 0 Å². The number of benzene rings is 1. The largest absolute Gasteiger partial charge is 0.469 e. The van der Waals surface area contributed by atoms with Gasteiger partial charge in [0.2, 0.25) is 0 Å². The number of esters is 1. The lowest BCUT2D eigenvalue weighted by atomic mass is 10.2. The molecule has 0 saturated carbocycles. The molecular formula is C13H10ClN3O5S. The van der Waals surface area contributed by atoms with Gasteiger partial charge in [0.25, 0.3) is 11.6 Å². The SMILES string of the molecule is COC(=O)Cc1csc(NC(=O)c2cc([N+](=O)[O-])ccc2Cl)n1. The van der Waals surface area contributed by atoms with E-state index < -0.39 is 16.8 Å². The minimum Gasteiger partial charge on any atom is -0.469 e. The van der Waals surface area contributed by atoms with Gasteiger partial charge in [0.15, 0.2) is 5.13 Å². The van der Waals surface area contributed by atoms with Crippen molar-refractivity contribution >= 4 is 45.6 Å². The van der Waals surface area contributed by atoms with Crippen LogP contribution in [0.15, 0.2) is 23.6 Å². The number of hydrogen-bond acceptors (Lipinski definition) is 7. The molecule has 1 N–H and O–H groups in total. The van der Waals surface area contributed by atoms with Gasteiger partial charge in [0.1, 0.15) is 0 Å². The van der Waals surface area contributed by atoms with Crippen LogP contribution in [-0.2, 0) is 16.0 Å². The smallest absolute Gasteiger partial charge is 0.311 e. The zero-order valence-electron chi connectivity index (χ0n) is 11.7. The summed E-state index contributed by atoms with van der Waals surface area (Å²) >= 11 is 7.01. The van der Waals surface area contributed by atoms with E-state index in [9.17, 15) is 19.7 Å². The summed E-state index contributed by atoms with van der Waals surface area (Å²) in [6, 6.07) is 3.57.